The number of nitrogens with one attached hydrogen (secondary N) is 1. The molecule has 0 spiro atoms. The Labute approximate surface area is 124 Å². The zero-order chi connectivity index (χ0) is 15.2. The summed E-state index contributed by atoms with van der Waals surface area (Å²) in [6.07, 6.45) is 2.11. The second-order valence-corrected chi connectivity index (χ2v) is 5.07. The van der Waals surface area contributed by atoms with E-state index in [-0.39, 0.29) is 17.7 Å². The molecule has 1 aromatic carbocycles. The maximum absolute atomic E-state index is 12.1. The number of ether oxygens (including phenoxy) is 2. The molecule has 0 aromatic heterocycles. The van der Waals surface area contributed by atoms with Crippen LogP contribution in [-0.4, -0.2) is 31.5 Å². The van der Waals surface area contributed by atoms with Gasteiger partial charge in [0.15, 0.2) is 0 Å². The summed E-state index contributed by atoms with van der Waals surface area (Å²) in [6, 6.07) is 6.64. The van der Waals surface area contributed by atoms with E-state index in [0.717, 1.165) is 24.3 Å². The molecule has 0 amide bonds. The fraction of sp³-hybridized carbons (Fsp3) is 0.500. The molecule has 0 aliphatic heterocycles. The average Bonchev–Trinajstić information content (AvgIpc) is 2.91. The van der Waals surface area contributed by atoms with E-state index in [1.54, 1.807) is 26.2 Å². The van der Waals surface area contributed by atoms with Crippen molar-refractivity contribution in [2.75, 3.05) is 19.0 Å². The zero-order valence-corrected chi connectivity index (χ0v) is 12.4. The van der Waals surface area contributed by atoms with Crippen molar-refractivity contribution in [3.05, 3.63) is 24.3 Å². The van der Waals surface area contributed by atoms with Crippen LogP contribution in [-0.2, 0) is 14.3 Å². The fourth-order valence-corrected chi connectivity index (χ4v) is 2.62. The first-order chi connectivity index (χ1) is 10.2. The number of hydrogen-bond acceptors (Lipinski definition) is 5. The van der Waals surface area contributed by atoms with E-state index in [1.165, 1.54) is 0 Å². The largest absolute Gasteiger partial charge is 0.497 e. The predicted octanol–water partition coefficient (Wildman–Crippen LogP) is 2.41. The van der Waals surface area contributed by atoms with Crippen molar-refractivity contribution < 1.29 is 19.1 Å². The SMILES string of the molecule is CCOC(=O)[C@@H](Nc1ccc(OC)cc1)[C@@H]1CCCC1=O. The lowest BCUT2D eigenvalue weighted by Gasteiger charge is -2.23. The highest BCUT2D eigenvalue weighted by molar-refractivity contribution is 5.91. The number of Topliss-reactive ketones (excluding diaryl/α,β-unsaturated/α-hetero) is 1. The van der Waals surface area contributed by atoms with Crippen molar-refractivity contribution in [2.24, 2.45) is 5.92 Å². The molecule has 1 saturated carbocycles. The summed E-state index contributed by atoms with van der Waals surface area (Å²) in [5.41, 5.74) is 0.772. The van der Waals surface area contributed by atoms with E-state index in [4.69, 9.17) is 9.47 Å². The molecule has 5 nitrogen and oxygen atoms in total. The molecular weight excluding hydrogens is 270 g/mol. The van der Waals surface area contributed by atoms with Gasteiger partial charge in [-0.3, -0.25) is 4.79 Å². The summed E-state index contributed by atoms with van der Waals surface area (Å²) >= 11 is 0. The summed E-state index contributed by atoms with van der Waals surface area (Å²) in [5, 5.41) is 3.14. The first-order valence-electron chi connectivity index (χ1n) is 7.25. The van der Waals surface area contributed by atoms with Crippen molar-refractivity contribution in [3.8, 4) is 5.75 Å². The quantitative estimate of drug-likeness (QED) is 0.815. The summed E-state index contributed by atoms with van der Waals surface area (Å²) in [7, 11) is 1.60. The van der Waals surface area contributed by atoms with E-state index in [0.29, 0.717) is 13.0 Å². The highest BCUT2D eigenvalue weighted by Gasteiger charge is 2.37. The number of ketones is 1. The monoisotopic (exact) mass is 291 g/mol. The first kappa shape index (κ1) is 15.4. The molecule has 0 radical (unpaired) electrons. The molecule has 114 valence electrons. The molecular formula is C16H21NO4. The molecule has 1 aliphatic carbocycles. The summed E-state index contributed by atoms with van der Waals surface area (Å²) in [4.78, 5) is 24.1. The lowest BCUT2D eigenvalue weighted by Crippen LogP contribution is -2.40. The van der Waals surface area contributed by atoms with Crippen LogP contribution in [0.5, 0.6) is 5.75 Å². The lowest BCUT2D eigenvalue weighted by atomic mass is 9.97. The Morgan fingerprint density at radius 3 is 2.62 bits per heavy atom. The number of carbonyl (C=O) groups is 2. The second kappa shape index (κ2) is 7.11. The van der Waals surface area contributed by atoms with Gasteiger partial charge < -0.3 is 14.8 Å². The molecule has 1 aromatic rings. The summed E-state index contributed by atoms with van der Waals surface area (Å²) < 4.78 is 10.2. The first-order valence-corrected chi connectivity index (χ1v) is 7.25. The molecule has 5 heteroatoms. The minimum absolute atomic E-state index is 0.133. The lowest BCUT2D eigenvalue weighted by molar-refractivity contribution is -0.146. The van der Waals surface area contributed by atoms with Crippen LogP contribution in [0.25, 0.3) is 0 Å². The Hall–Kier alpha value is -2.04. The molecule has 0 unspecified atom stereocenters. The Balaban J connectivity index is 2.14. The molecule has 1 aliphatic rings. The van der Waals surface area contributed by atoms with E-state index in [2.05, 4.69) is 5.32 Å². The van der Waals surface area contributed by atoms with Crippen LogP contribution >= 0.6 is 0 Å². The van der Waals surface area contributed by atoms with E-state index in [1.807, 2.05) is 12.1 Å². The van der Waals surface area contributed by atoms with Gasteiger partial charge >= 0.3 is 5.97 Å². The average molecular weight is 291 g/mol. The topological polar surface area (TPSA) is 64.6 Å². The van der Waals surface area contributed by atoms with E-state index >= 15 is 0 Å². The number of carbonyl (C=O) groups excluding carboxylic acids is 2. The molecule has 0 bridgehead atoms. The number of methoxy groups -OCH3 is 1. The van der Waals surface area contributed by atoms with Crippen LogP contribution in [0.3, 0.4) is 0 Å². The van der Waals surface area contributed by atoms with Gasteiger partial charge in [-0.25, -0.2) is 4.79 Å². The number of anilines is 1. The van der Waals surface area contributed by atoms with Gasteiger partial charge in [0, 0.05) is 18.0 Å². The van der Waals surface area contributed by atoms with Crippen LogP contribution in [0.4, 0.5) is 5.69 Å². The van der Waals surface area contributed by atoms with Crippen LogP contribution in [0.15, 0.2) is 24.3 Å². The maximum atomic E-state index is 12.1. The standard InChI is InChI=1S/C16H21NO4/c1-3-21-16(19)15(13-5-4-6-14(13)18)17-11-7-9-12(20-2)10-8-11/h7-10,13,15,17H,3-6H2,1-2H3/t13-,15+/m1/s1. The molecule has 1 fully saturated rings. The minimum atomic E-state index is -0.617. The molecule has 21 heavy (non-hydrogen) atoms. The third-order valence-electron chi connectivity index (χ3n) is 3.71. The van der Waals surface area contributed by atoms with Gasteiger partial charge in [0.25, 0.3) is 0 Å². The van der Waals surface area contributed by atoms with Crippen LogP contribution in [0, 0.1) is 5.92 Å². The fourth-order valence-electron chi connectivity index (χ4n) is 2.62. The molecule has 0 saturated heterocycles. The van der Waals surface area contributed by atoms with Crippen LogP contribution in [0.2, 0.25) is 0 Å². The van der Waals surface area contributed by atoms with Crippen molar-refractivity contribution in [2.45, 2.75) is 32.2 Å². The maximum Gasteiger partial charge on any atom is 0.329 e. The minimum Gasteiger partial charge on any atom is -0.497 e. The second-order valence-electron chi connectivity index (χ2n) is 5.07. The Bertz CT molecular complexity index is 498. The van der Waals surface area contributed by atoms with Crippen LogP contribution < -0.4 is 10.1 Å². The van der Waals surface area contributed by atoms with Gasteiger partial charge in [-0.1, -0.05) is 0 Å². The number of rotatable bonds is 6. The summed E-state index contributed by atoms with van der Waals surface area (Å²) in [5.74, 6) is 0.207. The van der Waals surface area contributed by atoms with E-state index < -0.39 is 6.04 Å². The Morgan fingerprint density at radius 2 is 2.10 bits per heavy atom. The van der Waals surface area contributed by atoms with Gasteiger partial charge in [0.05, 0.1) is 13.7 Å². The zero-order valence-electron chi connectivity index (χ0n) is 12.4. The number of esters is 1. The smallest absolute Gasteiger partial charge is 0.329 e. The van der Waals surface area contributed by atoms with Gasteiger partial charge in [-0.05, 0) is 44.0 Å². The molecule has 2 atom stereocenters. The van der Waals surface area contributed by atoms with Gasteiger partial charge in [0.1, 0.15) is 17.6 Å². The highest BCUT2D eigenvalue weighted by atomic mass is 16.5. The van der Waals surface area contributed by atoms with Gasteiger partial charge in [-0.2, -0.15) is 0 Å². The molecule has 2 rings (SSSR count). The molecule has 0 heterocycles. The van der Waals surface area contributed by atoms with Crippen molar-refractivity contribution in [3.63, 3.8) is 0 Å². The number of benzene rings is 1. The van der Waals surface area contributed by atoms with Crippen molar-refractivity contribution >= 4 is 17.4 Å². The predicted molar refractivity (Wildman–Crippen MR) is 79.4 cm³/mol. The third-order valence-corrected chi connectivity index (χ3v) is 3.71. The van der Waals surface area contributed by atoms with E-state index in [9.17, 15) is 9.59 Å². The Morgan fingerprint density at radius 1 is 1.38 bits per heavy atom. The van der Waals surface area contributed by atoms with Crippen LogP contribution in [0.1, 0.15) is 26.2 Å². The van der Waals surface area contributed by atoms with Gasteiger partial charge in [0.2, 0.25) is 0 Å². The number of hydrogen-bond donors (Lipinski definition) is 1. The van der Waals surface area contributed by atoms with Gasteiger partial charge in [-0.15, -0.1) is 0 Å². The van der Waals surface area contributed by atoms with Crippen molar-refractivity contribution in [1.29, 1.82) is 0 Å². The normalized spacial score (nSPS) is 19.1. The third kappa shape index (κ3) is 3.74. The van der Waals surface area contributed by atoms with Crippen molar-refractivity contribution in [1.82, 2.24) is 0 Å². The highest BCUT2D eigenvalue weighted by Crippen LogP contribution is 2.28. The Kier molecular flexibility index (Phi) is 5.20. The molecule has 1 N–H and O–H groups in total. The summed E-state index contributed by atoms with van der Waals surface area (Å²) in [6.45, 7) is 2.07.